The van der Waals surface area contributed by atoms with Gasteiger partial charge >= 0.3 is 0 Å². The van der Waals surface area contributed by atoms with Gasteiger partial charge in [-0.3, -0.25) is 9.59 Å². The quantitative estimate of drug-likeness (QED) is 0.862. The monoisotopic (exact) mass is 292 g/mol. The number of nitrogens with one attached hydrogen (secondary N) is 1. The minimum Gasteiger partial charge on any atom is -0.337 e. The lowest BCUT2D eigenvalue weighted by Gasteiger charge is -2.34. The topological polar surface area (TPSA) is 49.4 Å². The van der Waals surface area contributed by atoms with Crippen LogP contribution in [0, 0.1) is 11.7 Å². The molecule has 0 aliphatic carbocycles. The summed E-state index contributed by atoms with van der Waals surface area (Å²) in [6.07, 6.45) is 0.166. The fraction of sp³-hybridized carbons (Fsp3) is 0.500. The SMILES string of the molecule is CC(CC(=O)N1CCNC[C@H]1C)C(=O)c1cccc(F)c1. The number of amides is 1. The van der Waals surface area contributed by atoms with Crippen molar-refractivity contribution in [2.75, 3.05) is 19.6 Å². The standard InChI is InChI=1S/C16H21FN2O2/c1-11(16(21)13-4-3-5-14(17)9-13)8-15(20)19-7-6-18-10-12(19)2/h3-5,9,11-12,18H,6-8,10H2,1-2H3/t11?,12-/m1/s1. The minimum absolute atomic E-state index is 0.0127. The Kier molecular flexibility index (Phi) is 5.07. The zero-order chi connectivity index (χ0) is 15.4. The fourth-order valence-electron chi connectivity index (χ4n) is 2.61. The van der Waals surface area contributed by atoms with Gasteiger partial charge in [0.05, 0.1) is 0 Å². The van der Waals surface area contributed by atoms with E-state index < -0.39 is 11.7 Å². The second-order valence-electron chi connectivity index (χ2n) is 5.62. The average Bonchev–Trinajstić information content (AvgIpc) is 2.46. The number of hydrogen-bond donors (Lipinski definition) is 1. The minimum atomic E-state index is -0.443. The Labute approximate surface area is 124 Å². The highest BCUT2D eigenvalue weighted by atomic mass is 19.1. The Hall–Kier alpha value is -1.75. The molecule has 1 unspecified atom stereocenters. The molecule has 2 rings (SSSR count). The van der Waals surface area contributed by atoms with Gasteiger partial charge in [0.25, 0.3) is 0 Å². The predicted molar refractivity (Wildman–Crippen MR) is 78.6 cm³/mol. The number of Topliss-reactive ketones (excluding diaryl/α,β-unsaturated/α-hetero) is 1. The van der Waals surface area contributed by atoms with Crippen LogP contribution in [0.1, 0.15) is 30.6 Å². The van der Waals surface area contributed by atoms with Gasteiger partial charge in [-0.15, -0.1) is 0 Å². The first-order chi connectivity index (χ1) is 9.99. The van der Waals surface area contributed by atoms with Crippen LogP contribution in [-0.2, 0) is 4.79 Å². The summed E-state index contributed by atoms with van der Waals surface area (Å²) in [6.45, 7) is 5.93. The Morgan fingerprint density at radius 3 is 2.90 bits per heavy atom. The first kappa shape index (κ1) is 15.6. The number of hydrogen-bond acceptors (Lipinski definition) is 3. The average molecular weight is 292 g/mol. The summed E-state index contributed by atoms with van der Waals surface area (Å²) in [4.78, 5) is 26.4. The van der Waals surface area contributed by atoms with Gasteiger partial charge in [0.2, 0.25) is 5.91 Å². The van der Waals surface area contributed by atoms with Crippen molar-refractivity contribution in [1.29, 1.82) is 0 Å². The molecular formula is C16H21FN2O2. The molecule has 1 aromatic carbocycles. The Balaban J connectivity index is 1.98. The third-order valence-electron chi connectivity index (χ3n) is 3.86. The van der Waals surface area contributed by atoms with Gasteiger partial charge < -0.3 is 10.2 Å². The van der Waals surface area contributed by atoms with Gasteiger partial charge in [-0.25, -0.2) is 4.39 Å². The van der Waals surface area contributed by atoms with Crippen LogP contribution in [0.3, 0.4) is 0 Å². The summed E-state index contributed by atoms with van der Waals surface area (Å²) >= 11 is 0. The lowest BCUT2D eigenvalue weighted by atomic mass is 9.95. The second kappa shape index (κ2) is 6.80. The third-order valence-corrected chi connectivity index (χ3v) is 3.86. The van der Waals surface area contributed by atoms with Crippen molar-refractivity contribution in [3.8, 4) is 0 Å². The van der Waals surface area contributed by atoms with Gasteiger partial charge in [0.1, 0.15) is 5.82 Å². The number of halogens is 1. The number of rotatable bonds is 4. The summed E-state index contributed by atoms with van der Waals surface area (Å²) in [5.41, 5.74) is 0.323. The van der Waals surface area contributed by atoms with Gasteiger partial charge in [-0.05, 0) is 19.1 Å². The summed E-state index contributed by atoms with van der Waals surface area (Å²) in [7, 11) is 0. The highest BCUT2D eigenvalue weighted by molar-refractivity contribution is 5.99. The number of carbonyl (C=O) groups excluding carboxylic acids is 2. The fourth-order valence-corrected chi connectivity index (χ4v) is 2.61. The first-order valence-electron chi connectivity index (χ1n) is 7.29. The van der Waals surface area contributed by atoms with Crippen molar-refractivity contribution >= 4 is 11.7 Å². The molecule has 0 radical (unpaired) electrons. The van der Waals surface area contributed by atoms with Crippen LogP contribution in [0.15, 0.2) is 24.3 Å². The summed E-state index contributed by atoms with van der Waals surface area (Å²) in [6, 6.07) is 5.75. The molecule has 1 N–H and O–H groups in total. The van der Waals surface area contributed by atoms with E-state index in [2.05, 4.69) is 5.32 Å². The molecule has 5 heteroatoms. The molecule has 114 valence electrons. The van der Waals surface area contributed by atoms with Crippen molar-refractivity contribution < 1.29 is 14.0 Å². The Bertz CT molecular complexity index is 533. The molecule has 1 aromatic rings. The molecule has 1 fully saturated rings. The van der Waals surface area contributed by atoms with Crippen LogP contribution in [0.25, 0.3) is 0 Å². The molecular weight excluding hydrogens is 271 g/mol. The molecule has 1 amide bonds. The van der Waals surface area contributed by atoms with E-state index in [1.807, 2.05) is 11.8 Å². The van der Waals surface area contributed by atoms with E-state index in [0.717, 1.165) is 13.1 Å². The maximum atomic E-state index is 13.2. The lowest BCUT2D eigenvalue weighted by molar-refractivity contribution is -0.134. The molecule has 0 spiro atoms. The molecule has 1 aliphatic rings. The zero-order valence-corrected chi connectivity index (χ0v) is 12.4. The number of nitrogens with zero attached hydrogens (tertiary/aromatic N) is 1. The van der Waals surface area contributed by atoms with Gasteiger partial charge in [0.15, 0.2) is 5.78 Å². The number of carbonyl (C=O) groups is 2. The van der Waals surface area contributed by atoms with Crippen LogP contribution in [0.2, 0.25) is 0 Å². The van der Waals surface area contributed by atoms with Crippen molar-refractivity contribution in [2.24, 2.45) is 5.92 Å². The molecule has 0 saturated carbocycles. The van der Waals surface area contributed by atoms with Crippen LogP contribution < -0.4 is 5.32 Å². The largest absolute Gasteiger partial charge is 0.337 e. The molecule has 1 aliphatic heterocycles. The van der Waals surface area contributed by atoms with Crippen molar-refractivity contribution in [1.82, 2.24) is 10.2 Å². The Morgan fingerprint density at radius 2 is 2.24 bits per heavy atom. The number of ketones is 1. The highest BCUT2D eigenvalue weighted by Crippen LogP contribution is 2.16. The molecule has 0 aromatic heterocycles. The lowest BCUT2D eigenvalue weighted by Crippen LogP contribution is -2.52. The predicted octanol–water partition coefficient (Wildman–Crippen LogP) is 1.85. The molecule has 21 heavy (non-hydrogen) atoms. The summed E-state index contributed by atoms with van der Waals surface area (Å²) < 4.78 is 13.2. The van der Waals surface area contributed by atoms with Crippen molar-refractivity contribution in [3.63, 3.8) is 0 Å². The third kappa shape index (κ3) is 3.88. The van der Waals surface area contributed by atoms with Gasteiger partial charge in [0, 0.05) is 43.6 Å². The molecule has 4 nitrogen and oxygen atoms in total. The Morgan fingerprint density at radius 1 is 1.48 bits per heavy atom. The van der Waals surface area contributed by atoms with E-state index >= 15 is 0 Å². The van der Waals surface area contributed by atoms with Gasteiger partial charge in [-0.1, -0.05) is 19.1 Å². The number of piperazine rings is 1. The van der Waals surface area contributed by atoms with Crippen LogP contribution in [0.4, 0.5) is 4.39 Å². The normalized spacial score (nSPS) is 20.1. The van der Waals surface area contributed by atoms with Crippen molar-refractivity contribution in [3.05, 3.63) is 35.6 Å². The summed E-state index contributed by atoms with van der Waals surface area (Å²) in [5, 5.41) is 3.23. The van der Waals surface area contributed by atoms with Gasteiger partial charge in [-0.2, -0.15) is 0 Å². The van der Waals surface area contributed by atoms with Crippen LogP contribution >= 0.6 is 0 Å². The van der Waals surface area contributed by atoms with Crippen molar-refractivity contribution in [2.45, 2.75) is 26.3 Å². The maximum absolute atomic E-state index is 13.2. The highest BCUT2D eigenvalue weighted by Gasteiger charge is 2.26. The van der Waals surface area contributed by atoms with E-state index in [-0.39, 0.29) is 24.2 Å². The number of benzene rings is 1. The van der Waals surface area contributed by atoms with E-state index in [1.165, 1.54) is 18.2 Å². The maximum Gasteiger partial charge on any atom is 0.223 e. The molecule has 1 heterocycles. The van der Waals surface area contributed by atoms with E-state index in [9.17, 15) is 14.0 Å². The smallest absolute Gasteiger partial charge is 0.223 e. The second-order valence-corrected chi connectivity index (χ2v) is 5.62. The van der Waals surface area contributed by atoms with E-state index in [0.29, 0.717) is 12.1 Å². The van der Waals surface area contributed by atoms with E-state index in [4.69, 9.17) is 0 Å². The van der Waals surface area contributed by atoms with E-state index in [1.54, 1.807) is 13.0 Å². The molecule has 0 bridgehead atoms. The summed E-state index contributed by atoms with van der Waals surface area (Å²) in [5.74, 6) is -1.08. The molecule has 1 saturated heterocycles. The molecule has 2 atom stereocenters. The first-order valence-corrected chi connectivity index (χ1v) is 7.29. The van der Waals surface area contributed by atoms with Crippen LogP contribution in [0.5, 0.6) is 0 Å². The van der Waals surface area contributed by atoms with Crippen LogP contribution in [-0.4, -0.2) is 42.3 Å². The zero-order valence-electron chi connectivity index (χ0n) is 12.4.